The molecule has 3 heterocycles. The third-order valence-corrected chi connectivity index (χ3v) is 6.12. The number of pyridine rings is 1. The van der Waals surface area contributed by atoms with E-state index in [1.54, 1.807) is 6.07 Å². The van der Waals surface area contributed by atoms with Crippen LogP contribution in [0.1, 0.15) is 23.5 Å². The molecule has 3 rings (SSSR count). The van der Waals surface area contributed by atoms with Crippen molar-refractivity contribution >= 4 is 58.7 Å². The molecule has 0 amide bonds. The zero-order chi connectivity index (χ0) is 20.6. The molecule has 7 nitrogen and oxygen atoms in total. The third-order valence-electron chi connectivity index (χ3n) is 4.79. The van der Waals surface area contributed by atoms with Crippen molar-refractivity contribution in [2.24, 2.45) is 4.99 Å². The van der Waals surface area contributed by atoms with Gasteiger partial charge in [-0.3, -0.25) is 0 Å². The monoisotopic (exact) mass is 564 g/mol. The van der Waals surface area contributed by atoms with Gasteiger partial charge in [0.05, 0.1) is 10.9 Å². The molecule has 0 saturated carbocycles. The van der Waals surface area contributed by atoms with Crippen molar-refractivity contribution in [3.05, 3.63) is 45.2 Å². The van der Waals surface area contributed by atoms with E-state index < -0.39 is 6.10 Å². The van der Waals surface area contributed by atoms with Crippen LogP contribution in [0.4, 0.5) is 5.82 Å². The standard InChI is InChI=1S/C20H29ClN6OS.HI/c1-3-22-20(25-14-16(28)17-5-6-18(21)29-17)24-13-15-4-7-19(23-12-15)27-10-8-26(2)9-11-27;/h4-7,12,16,28H,3,8-11,13-14H2,1-2H3,(H2,22,24,25);1H. The fourth-order valence-corrected chi connectivity index (χ4v) is 4.09. The van der Waals surface area contributed by atoms with Crippen LogP contribution in [0.15, 0.2) is 35.5 Å². The molecule has 1 atom stereocenters. The largest absolute Gasteiger partial charge is 0.386 e. The summed E-state index contributed by atoms with van der Waals surface area (Å²) in [7, 11) is 2.15. The van der Waals surface area contributed by atoms with Gasteiger partial charge in [0.1, 0.15) is 11.9 Å². The number of guanidine groups is 1. The molecule has 1 aliphatic rings. The van der Waals surface area contributed by atoms with E-state index in [9.17, 15) is 5.11 Å². The van der Waals surface area contributed by atoms with Crippen molar-refractivity contribution in [1.82, 2.24) is 20.5 Å². The maximum atomic E-state index is 10.3. The molecule has 166 valence electrons. The first kappa shape index (κ1) is 25.1. The normalized spacial score (nSPS) is 16.1. The number of nitrogens with zero attached hydrogens (tertiary/aromatic N) is 4. The molecule has 0 radical (unpaired) electrons. The number of likely N-dealkylation sites (N-methyl/N-ethyl adjacent to an activating group) is 1. The fraction of sp³-hybridized carbons (Fsp3) is 0.500. The number of thiophene rings is 1. The second-order valence-corrected chi connectivity index (χ2v) is 8.80. The Morgan fingerprint density at radius 3 is 2.60 bits per heavy atom. The molecule has 0 aromatic carbocycles. The highest BCUT2D eigenvalue weighted by Crippen LogP contribution is 2.26. The predicted octanol–water partition coefficient (Wildman–Crippen LogP) is 2.96. The van der Waals surface area contributed by atoms with Gasteiger partial charge < -0.3 is 25.5 Å². The Bertz CT molecular complexity index is 795. The van der Waals surface area contributed by atoms with Crippen molar-refractivity contribution in [2.75, 3.05) is 51.2 Å². The Morgan fingerprint density at radius 2 is 2.00 bits per heavy atom. The molecular formula is C20H30ClIN6OS. The number of aromatic nitrogens is 1. The number of piperazine rings is 1. The first-order chi connectivity index (χ1) is 14.0. The van der Waals surface area contributed by atoms with Gasteiger partial charge in [-0.05, 0) is 37.7 Å². The number of rotatable bonds is 7. The van der Waals surface area contributed by atoms with Gasteiger partial charge >= 0.3 is 0 Å². The molecule has 30 heavy (non-hydrogen) atoms. The molecule has 0 aliphatic carbocycles. The Morgan fingerprint density at radius 1 is 1.23 bits per heavy atom. The summed E-state index contributed by atoms with van der Waals surface area (Å²) in [6.07, 6.45) is 1.27. The smallest absolute Gasteiger partial charge is 0.191 e. The van der Waals surface area contributed by atoms with Gasteiger partial charge in [0.25, 0.3) is 0 Å². The number of aliphatic hydroxyl groups excluding tert-OH is 1. The van der Waals surface area contributed by atoms with E-state index in [2.05, 4.69) is 49.6 Å². The number of halogens is 2. The van der Waals surface area contributed by atoms with Crippen molar-refractivity contribution in [1.29, 1.82) is 0 Å². The lowest BCUT2D eigenvalue weighted by Gasteiger charge is -2.33. The highest BCUT2D eigenvalue weighted by molar-refractivity contribution is 14.0. The topological polar surface area (TPSA) is 76.0 Å². The minimum atomic E-state index is -0.624. The molecule has 10 heteroatoms. The van der Waals surface area contributed by atoms with Crippen LogP contribution >= 0.6 is 46.9 Å². The fourth-order valence-electron chi connectivity index (χ4n) is 3.05. The molecule has 1 aliphatic heterocycles. The van der Waals surface area contributed by atoms with Crippen LogP contribution in [0.2, 0.25) is 4.34 Å². The Kier molecular flexibility index (Phi) is 10.6. The SMILES string of the molecule is CCNC(=NCc1ccc(N2CCN(C)CC2)nc1)NCC(O)c1ccc(Cl)s1.I. The van der Waals surface area contributed by atoms with E-state index in [4.69, 9.17) is 11.6 Å². The zero-order valence-corrected chi connectivity index (χ0v) is 21.2. The Balaban J connectivity index is 0.00000320. The second-order valence-electron chi connectivity index (χ2n) is 7.05. The highest BCUT2D eigenvalue weighted by Gasteiger charge is 2.15. The summed E-state index contributed by atoms with van der Waals surface area (Å²) in [6.45, 7) is 7.78. The van der Waals surface area contributed by atoms with Crippen LogP contribution in [-0.2, 0) is 6.54 Å². The lowest BCUT2D eigenvalue weighted by atomic mass is 10.2. The van der Waals surface area contributed by atoms with E-state index in [1.807, 2.05) is 19.2 Å². The van der Waals surface area contributed by atoms with Crippen LogP contribution < -0.4 is 15.5 Å². The van der Waals surface area contributed by atoms with Crippen molar-refractivity contribution in [3.8, 4) is 0 Å². The molecule has 1 unspecified atom stereocenters. The maximum absolute atomic E-state index is 10.3. The van der Waals surface area contributed by atoms with E-state index in [0.717, 1.165) is 49.0 Å². The van der Waals surface area contributed by atoms with Crippen molar-refractivity contribution in [3.63, 3.8) is 0 Å². The molecule has 3 N–H and O–H groups in total. The van der Waals surface area contributed by atoms with Gasteiger partial charge in [-0.15, -0.1) is 35.3 Å². The Labute approximate surface area is 204 Å². The summed E-state index contributed by atoms with van der Waals surface area (Å²) in [6, 6.07) is 7.79. The van der Waals surface area contributed by atoms with Gasteiger partial charge in [0.15, 0.2) is 5.96 Å². The summed E-state index contributed by atoms with van der Waals surface area (Å²) >= 11 is 7.33. The summed E-state index contributed by atoms with van der Waals surface area (Å²) in [5.41, 5.74) is 1.05. The van der Waals surface area contributed by atoms with Crippen LogP contribution in [0.3, 0.4) is 0 Å². The summed E-state index contributed by atoms with van der Waals surface area (Å²) in [5.74, 6) is 1.69. The molecule has 0 spiro atoms. The number of nitrogens with one attached hydrogen (secondary N) is 2. The van der Waals surface area contributed by atoms with E-state index >= 15 is 0 Å². The van der Waals surface area contributed by atoms with Crippen LogP contribution in [0.25, 0.3) is 0 Å². The van der Waals surface area contributed by atoms with Gasteiger partial charge in [-0.2, -0.15) is 0 Å². The van der Waals surface area contributed by atoms with E-state index in [1.165, 1.54) is 11.3 Å². The molecule has 1 fully saturated rings. The number of anilines is 1. The van der Waals surface area contributed by atoms with Crippen LogP contribution in [-0.4, -0.2) is 67.3 Å². The first-order valence-corrected chi connectivity index (χ1v) is 11.1. The first-order valence-electron chi connectivity index (χ1n) is 9.89. The molecule has 2 aromatic heterocycles. The number of aliphatic imine (C=N–C) groups is 1. The lowest BCUT2D eigenvalue weighted by molar-refractivity contribution is 0.184. The summed E-state index contributed by atoms with van der Waals surface area (Å²) in [4.78, 5) is 14.7. The molecule has 2 aromatic rings. The molecule has 0 bridgehead atoms. The molecule has 1 saturated heterocycles. The van der Waals surface area contributed by atoms with Crippen LogP contribution in [0, 0.1) is 0 Å². The lowest BCUT2D eigenvalue weighted by Crippen LogP contribution is -2.44. The Hall–Kier alpha value is -1.14. The zero-order valence-electron chi connectivity index (χ0n) is 17.3. The quantitative estimate of drug-likeness (QED) is 0.273. The molecular weight excluding hydrogens is 535 g/mol. The van der Waals surface area contributed by atoms with Crippen LogP contribution in [0.5, 0.6) is 0 Å². The van der Waals surface area contributed by atoms with Gasteiger partial charge in [-0.25, -0.2) is 9.98 Å². The van der Waals surface area contributed by atoms with Gasteiger partial charge in [-0.1, -0.05) is 17.7 Å². The highest BCUT2D eigenvalue weighted by atomic mass is 127. The van der Waals surface area contributed by atoms with Crippen molar-refractivity contribution in [2.45, 2.75) is 19.6 Å². The van der Waals surface area contributed by atoms with Gasteiger partial charge in [0, 0.05) is 50.3 Å². The summed E-state index contributed by atoms with van der Waals surface area (Å²) < 4.78 is 0.673. The minimum absolute atomic E-state index is 0. The second kappa shape index (κ2) is 12.7. The number of aliphatic hydroxyl groups is 1. The number of hydrogen-bond donors (Lipinski definition) is 3. The summed E-state index contributed by atoms with van der Waals surface area (Å²) in [5, 5.41) is 16.7. The van der Waals surface area contributed by atoms with Crippen molar-refractivity contribution < 1.29 is 5.11 Å². The predicted molar refractivity (Wildman–Crippen MR) is 136 cm³/mol. The van der Waals surface area contributed by atoms with E-state index in [-0.39, 0.29) is 24.0 Å². The van der Waals surface area contributed by atoms with E-state index in [0.29, 0.717) is 23.4 Å². The third kappa shape index (κ3) is 7.52. The average Bonchev–Trinajstić information content (AvgIpc) is 3.17. The van der Waals surface area contributed by atoms with Gasteiger partial charge in [0.2, 0.25) is 0 Å². The minimum Gasteiger partial charge on any atom is -0.386 e. The number of hydrogen-bond acceptors (Lipinski definition) is 6. The maximum Gasteiger partial charge on any atom is 0.191 e. The average molecular weight is 565 g/mol.